The molecule has 2 heterocycles. The second kappa shape index (κ2) is 9.72. The van der Waals surface area contributed by atoms with Crippen molar-refractivity contribution in [1.82, 2.24) is 4.57 Å². The molecule has 0 fully saturated rings. The second-order valence-corrected chi connectivity index (χ2v) is 10.0. The van der Waals surface area contributed by atoms with Crippen LogP contribution in [-0.2, 0) is 19.4 Å². The van der Waals surface area contributed by atoms with Crippen LogP contribution in [0, 0.1) is 13.8 Å². The van der Waals surface area contributed by atoms with E-state index in [0.717, 1.165) is 11.4 Å². The first-order valence-electron chi connectivity index (χ1n) is 10.8. The number of hydrogen-bond donors (Lipinski definition) is 0. The zero-order chi connectivity index (χ0) is 24.3. The highest BCUT2D eigenvalue weighted by molar-refractivity contribution is 7.91. The molecule has 0 radical (unpaired) electrons. The molecule has 0 amide bonds. The third kappa shape index (κ3) is 4.99. The van der Waals surface area contributed by atoms with Gasteiger partial charge in [-0.2, -0.15) is 0 Å². The largest absolute Gasteiger partial charge is 0.486 e. The standard InChI is InChI=1S/C25H25NO7S/c1-17-14-21(18(2)26(17)19-8-9-23-24(15-19)32-12-11-31-23)22(27)16-33-25(28)10-13-34(29,30)20-6-4-3-5-7-20/h3-9,14-15H,10-13,16H2,1-2H3. The van der Waals surface area contributed by atoms with Gasteiger partial charge in [-0.25, -0.2) is 8.42 Å². The van der Waals surface area contributed by atoms with Gasteiger partial charge >= 0.3 is 5.97 Å². The van der Waals surface area contributed by atoms with Crippen LogP contribution < -0.4 is 9.47 Å². The van der Waals surface area contributed by atoms with Gasteiger partial charge in [0, 0.05) is 28.7 Å². The number of ether oxygens (including phenoxy) is 3. The number of aryl methyl sites for hydroxylation is 1. The zero-order valence-corrected chi connectivity index (χ0v) is 19.8. The molecule has 0 atom stereocenters. The minimum Gasteiger partial charge on any atom is -0.486 e. The second-order valence-electron chi connectivity index (χ2n) is 7.91. The van der Waals surface area contributed by atoms with Crippen LogP contribution >= 0.6 is 0 Å². The van der Waals surface area contributed by atoms with Gasteiger partial charge in [0.15, 0.2) is 27.9 Å². The van der Waals surface area contributed by atoms with E-state index in [2.05, 4.69) is 0 Å². The Morgan fingerprint density at radius 3 is 2.41 bits per heavy atom. The van der Waals surface area contributed by atoms with Crippen LogP contribution in [0.3, 0.4) is 0 Å². The van der Waals surface area contributed by atoms with Crippen molar-refractivity contribution >= 4 is 21.6 Å². The predicted molar refractivity (Wildman–Crippen MR) is 125 cm³/mol. The Morgan fingerprint density at radius 1 is 0.971 bits per heavy atom. The van der Waals surface area contributed by atoms with E-state index in [1.807, 2.05) is 36.6 Å². The normalized spacial score (nSPS) is 12.9. The van der Waals surface area contributed by atoms with E-state index in [0.29, 0.717) is 36.0 Å². The van der Waals surface area contributed by atoms with Crippen LogP contribution in [-0.4, -0.2) is 50.3 Å². The smallest absolute Gasteiger partial charge is 0.307 e. The van der Waals surface area contributed by atoms with Crippen LogP contribution in [0.4, 0.5) is 0 Å². The molecule has 2 aromatic carbocycles. The number of Topliss-reactive ketones (excluding diaryl/α,β-unsaturated/α-hetero) is 1. The Kier molecular flexibility index (Phi) is 6.74. The van der Waals surface area contributed by atoms with E-state index >= 15 is 0 Å². The topological polar surface area (TPSA) is 101 Å². The van der Waals surface area contributed by atoms with Gasteiger partial charge in [0.1, 0.15) is 13.2 Å². The molecule has 0 spiro atoms. The minimum atomic E-state index is -3.60. The molecule has 0 unspecified atom stereocenters. The van der Waals surface area contributed by atoms with Crippen molar-refractivity contribution in [3.05, 3.63) is 71.5 Å². The van der Waals surface area contributed by atoms with E-state index in [4.69, 9.17) is 14.2 Å². The minimum absolute atomic E-state index is 0.144. The number of rotatable bonds is 8. The Labute approximate surface area is 198 Å². The molecule has 9 heteroatoms. The van der Waals surface area contributed by atoms with Gasteiger partial charge in [-0.15, -0.1) is 0 Å². The summed E-state index contributed by atoms with van der Waals surface area (Å²) in [5.41, 5.74) is 2.78. The first-order valence-corrected chi connectivity index (χ1v) is 12.5. The van der Waals surface area contributed by atoms with E-state index in [1.165, 1.54) is 12.1 Å². The molecule has 4 rings (SSSR count). The van der Waals surface area contributed by atoms with Crippen LogP contribution in [0.25, 0.3) is 5.69 Å². The first kappa shape index (κ1) is 23.6. The third-order valence-electron chi connectivity index (χ3n) is 5.56. The molecule has 34 heavy (non-hydrogen) atoms. The van der Waals surface area contributed by atoms with Crippen LogP contribution in [0.1, 0.15) is 28.2 Å². The monoisotopic (exact) mass is 483 g/mol. The lowest BCUT2D eigenvalue weighted by Crippen LogP contribution is -2.18. The highest BCUT2D eigenvalue weighted by atomic mass is 32.2. The number of hydrogen-bond acceptors (Lipinski definition) is 7. The molecule has 0 N–H and O–H groups in total. The number of nitrogens with zero attached hydrogens (tertiary/aromatic N) is 1. The molecular weight excluding hydrogens is 458 g/mol. The summed E-state index contributed by atoms with van der Waals surface area (Å²) in [5.74, 6) is -0.175. The van der Waals surface area contributed by atoms with Crippen molar-refractivity contribution in [2.75, 3.05) is 25.6 Å². The van der Waals surface area contributed by atoms with E-state index in [-0.39, 0.29) is 22.9 Å². The molecule has 0 saturated heterocycles. The molecule has 3 aromatic rings. The van der Waals surface area contributed by atoms with Gasteiger partial charge in [0.25, 0.3) is 0 Å². The summed E-state index contributed by atoms with van der Waals surface area (Å²) in [6.45, 7) is 4.20. The maximum atomic E-state index is 12.8. The van der Waals surface area contributed by atoms with Gasteiger partial charge < -0.3 is 18.8 Å². The predicted octanol–water partition coefficient (Wildman–Crippen LogP) is 3.46. The van der Waals surface area contributed by atoms with Gasteiger partial charge in [0.05, 0.1) is 17.1 Å². The quantitative estimate of drug-likeness (QED) is 0.357. The fraction of sp³-hybridized carbons (Fsp3) is 0.280. The summed E-state index contributed by atoms with van der Waals surface area (Å²) in [7, 11) is -3.60. The van der Waals surface area contributed by atoms with Gasteiger partial charge in [-0.1, -0.05) is 18.2 Å². The van der Waals surface area contributed by atoms with Gasteiger partial charge in [0.2, 0.25) is 5.78 Å². The number of carbonyl (C=O) groups excluding carboxylic acids is 2. The molecule has 178 valence electrons. The summed E-state index contributed by atoms with van der Waals surface area (Å²) in [4.78, 5) is 25.0. The average molecular weight is 484 g/mol. The lowest BCUT2D eigenvalue weighted by molar-refractivity contribution is -0.142. The fourth-order valence-corrected chi connectivity index (χ4v) is 5.12. The van der Waals surface area contributed by atoms with Crippen LogP contribution in [0.2, 0.25) is 0 Å². The van der Waals surface area contributed by atoms with E-state index < -0.39 is 22.4 Å². The molecule has 1 aromatic heterocycles. The number of benzene rings is 2. The van der Waals surface area contributed by atoms with Crippen molar-refractivity contribution in [2.45, 2.75) is 25.2 Å². The van der Waals surface area contributed by atoms with Crippen molar-refractivity contribution in [1.29, 1.82) is 0 Å². The molecule has 8 nitrogen and oxygen atoms in total. The van der Waals surface area contributed by atoms with Gasteiger partial charge in [-0.3, -0.25) is 9.59 Å². The Balaban J connectivity index is 1.40. The zero-order valence-electron chi connectivity index (χ0n) is 18.9. The summed E-state index contributed by atoms with van der Waals surface area (Å²) < 4.78 is 42.8. The summed E-state index contributed by atoms with van der Waals surface area (Å²) in [6, 6.07) is 15.2. The third-order valence-corrected chi connectivity index (χ3v) is 7.29. The maximum absolute atomic E-state index is 12.8. The molecule has 0 saturated carbocycles. The summed E-state index contributed by atoms with van der Waals surface area (Å²) in [6.07, 6.45) is -0.333. The molecule has 1 aliphatic heterocycles. The number of carbonyl (C=O) groups is 2. The maximum Gasteiger partial charge on any atom is 0.307 e. The highest BCUT2D eigenvalue weighted by Gasteiger charge is 2.21. The molecule has 0 aliphatic carbocycles. The SMILES string of the molecule is Cc1cc(C(=O)COC(=O)CCS(=O)(=O)c2ccccc2)c(C)n1-c1ccc2c(c1)OCCO2. The molecular formula is C25H25NO7S. The Bertz CT molecular complexity index is 1330. The Morgan fingerprint density at radius 2 is 1.68 bits per heavy atom. The van der Waals surface area contributed by atoms with Crippen LogP contribution in [0.15, 0.2) is 59.5 Å². The van der Waals surface area contributed by atoms with Gasteiger partial charge in [-0.05, 0) is 44.2 Å². The number of esters is 1. The van der Waals surface area contributed by atoms with E-state index in [9.17, 15) is 18.0 Å². The van der Waals surface area contributed by atoms with Crippen molar-refractivity contribution in [3.8, 4) is 17.2 Å². The lowest BCUT2D eigenvalue weighted by Gasteiger charge is -2.20. The van der Waals surface area contributed by atoms with Crippen molar-refractivity contribution < 1.29 is 32.2 Å². The Hall–Kier alpha value is -3.59. The molecule has 0 bridgehead atoms. The fourth-order valence-electron chi connectivity index (χ4n) is 3.87. The number of fused-ring (bicyclic) bond motifs is 1. The van der Waals surface area contributed by atoms with E-state index in [1.54, 1.807) is 24.3 Å². The average Bonchev–Trinajstić information content (AvgIpc) is 3.15. The van der Waals surface area contributed by atoms with Crippen molar-refractivity contribution in [2.24, 2.45) is 0 Å². The number of aromatic nitrogens is 1. The number of ketones is 1. The van der Waals surface area contributed by atoms with Crippen molar-refractivity contribution in [3.63, 3.8) is 0 Å². The first-order chi connectivity index (χ1) is 16.3. The molecule has 1 aliphatic rings. The number of sulfone groups is 1. The summed E-state index contributed by atoms with van der Waals surface area (Å²) >= 11 is 0. The summed E-state index contributed by atoms with van der Waals surface area (Å²) in [5, 5.41) is 0. The highest BCUT2D eigenvalue weighted by Crippen LogP contribution is 2.33. The van der Waals surface area contributed by atoms with Crippen LogP contribution in [0.5, 0.6) is 11.5 Å². The lowest BCUT2D eigenvalue weighted by atomic mass is 10.1.